The number of amides is 1. The lowest BCUT2D eigenvalue weighted by molar-refractivity contribution is -0.121. The van der Waals surface area contributed by atoms with Crippen LogP contribution in [0.5, 0.6) is 5.75 Å². The Bertz CT molecular complexity index is 1270. The molecule has 0 saturated heterocycles. The number of thiazole rings is 1. The van der Waals surface area contributed by atoms with E-state index in [4.69, 9.17) is 32.9 Å². The first-order valence-electron chi connectivity index (χ1n) is 9.61. The maximum Gasteiger partial charge on any atom is 0.265 e. The number of hydrogen-bond donors (Lipinski definition) is 0. The van der Waals surface area contributed by atoms with Gasteiger partial charge in [-0.1, -0.05) is 59.6 Å². The van der Waals surface area contributed by atoms with Crippen LogP contribution in [0.2, 0.25) is 10.0 Å². The fourth-order valence-electron chi connectivity index (χ4n) is 3.47. The minimum atomic E-state index is -0.126. The lowest BCUT2D eigenvalue weighted by Crippen LogP contribution is -2.38. The maximum absolute atomic E-state index is 12.7. The van der Waals surface area contributed by atoms with Crippen molar-refractivity contribution in [3.05, 3.63) is 87.7 Å². The number of nitrogens with zero attached hydrogens (tertiary/aromatic N) is 2. The Balaban J connectivity index is 1.50. The average molecular weight is 467 g/mol. The van der Waals surface area contributed by atoms with Crippen molar-refractivity contribution in [3.63, 3.8) is 0 Å². The SMILES string of the molecule is O=C1COc2ccc(-c3csc(-c4ccccc4)n3)cc2N1Cc1ccc(Cl)cc1Cl. The van der Waals surface area contributed by atoms with Crippen molar-refractivity contribution in [3.8, 4) is 27.6 Å². The first-order chi connectivity index (χ1) is 15.1. The number of hydrogen-bond acceptors (Lipinski definition) is 4. The van der Waals surface area contributed by atoms with Crippen LogP contribution in [0.1, 0.15) is 5.56 Å². The molecule has 5 rings (SSSR count). The summed E-state index contributed by atoms with van der Waals surface area (Å²) in [5.41, 5.74) is 4.37. The molecular formula is C24H16Cl2N2O2S. The first kappa shape index (κ1) is 20.1. The van der Waals surface area contributed by atoms with E-state index in [1.54, 1.807) is 28.4 Å². The molecule has 1 aliphatic rings. The van der Waals surface area contributed by atoms with Crippen LogP contribution >= 0.6 is 34.5 Å². The highest BCUT2D eigenvalue weighted by atomic mass is 35.5. The van der Waals surface area contributed by atoms with Crippen molar-refractivity contribution in [2.24, 2.45) is 0 Å². The zero-order valence-electron chi connectivity index (χ0n) is 16.2. The summed E-state index contributed by atoms with van der Waals surface area (Å²) < 4.78 is 5.66. The predicted molar refractivity (Wildman–Crippen MR) is 126 cm³/mol. The molecule has 0 N–H and O–H groups in total. The van der Waals surface area contributed by atoms with Gasteiger partial charge in [0.25, 0.3) is 5.91 Å². The molecule has 3 aromatic carbocycles. The van der Waals surface area contributed by atoms with E-state index in [9.17, 15) is 4.79 Å². The third kappa shape index (κ3) is 4.04. The molecule has 0 saturated carbocycles. The predicted octanol–water partition coefficient (Wildman–Crippen LogP) is 6.71. The van der Waals surface area contributed by atoms with Gasteiger partial charge in [-0.2, -0.15) is 0 Å². The zero-order valence-corrected chi connectivity index (χ0v) is 18.5. The van der Waals surface area contributed by atoms with Crippen LogP contribution in [-0.4, -0.2) is 17.5 Å². The van der Waals surface area contributed by atoms with Gasteiger partial charge in [0, 0.05) is 26.6 Å². The van der Waals surface area contributed by atoms with Crippen LogP contribution in [-0.2, 0) is 11.3 Å². The quantitative estimate of drug-likeness (QED) is 0.335. The topological polar surface area (TPSA) is 42.4 Å². The minimum absolute atomic E-state index is 0.00753. The third-order valence-electron chi connectivity index (χ3n) is 5.07. The molecule has 0 fully saturated rings. The number of benzene rings is 3. The molecule has 0 aliphatic carbocycles. The van der Waals surface area contributed by atoms with Crippen LogP contribution in [0, 0.1) is 0 Å². The molecule has 1 aromatic heterocycles. The van der Waals surface area contributed by atoms with Gasteiger partial charge in [-0.05, 0) is 35.9 Å². The van der Waals surface area contributed by atoms with E-state index in [2.05, 4.69) is 0 Å². The second-order valence-electron chi connectivity index (χ2n) is 7.09. The molecule has 0 bridgehead atoms. The van der Waals surface area contributed by atoms with Crippen molar-refractivity contribution >= 4 is 46.1 Å². The molecule has 4 nitrogen and oxygen atoms in total. The van der Waals surface area contributed by atoms with Crippen molar-refractivity contribution in [2.45, 2.75) is 6.54 Å². The van der Waals surface area contributed by atoms with Gasteiger partial charge in [0.1, 0.15) is 10.8 Å². The molecule has 31 heavy (non-hydrogen) atoms. The van der Waals surface area contributed by atoms with Gasteiger partial charge in [0.2, 0.25) is 0 Å². The number of fused-ring (bicyclic) bond motifs is 1. The van der Waals surface area contributed by atoms with Crippen molar-refractivity contribution in [2.75, 3.05) is 11.5 Å². The Morgan fingerprint density at radius 3 is 2.65 bits per heavy atom. The fraction of sp³-hybridized carbons (Fsp3) is 0.0833. The standard InChI is InChI=1S/C24H16Cl2N2O2S/c25-18-8-6-17(19(26)11-18)12-28-21-10-16(7-9-22(21)30-13-23(28)29)20-14-31-24(27-20)15-4-2-1-3-5-15/h1-11,14H,12-13H2. The lowest BCUT2D eigenvalue weighted by Gasteiger charge is -2.30. The molecule has 0 spiro atoms. The van der Waals surface area contributed by atoms with E-state index in [1.165, 1.54) is 0 Å². The average Bonchev–Trinajstić information content (AvgIpc) is 3.28. The second-order valence-corrected chi connectivity index (χ2v) is 8.79. The number of anilines is 1. The highest BCUT2D eigenvalue weighted by molar-refractivity contribution is 7.13. The molecule has 0 atom stereocenters. The normalized spacial score (nSPS) is 13.1. The van der Waals surface area contributed by atoms with Gasteiger partial charge < -0.3 is 9.64 Å². The zero-order chi connectivity index (χ0) is 21.4. The summed E-state index contributed by atoms with van der Waals surface area (Å²) in [7, 11) is 0. The van der Waals surface area contributed by atoms with Gasteiger partial charge in [-0.3, -0.25) is 4.79 Å². The van der Waals surface area contributed by atoms with Crippen molar-refractivity contribution in [1.82, 2.24) is 4.98 Å². The summed E-state index contributed by atoms with van der Waals surface area (Å²) in [6.07, 6.45) is 0. The molecule has 4 aromatic rings. The number of carbonyl (C=O) groups excluding carboxylic acids is 1. The first-order valence-corrected chi connectivity index (χ1v) is 11.2. The maximum atomic E-state index is 12.7. The highest BCUT2D eigenvalue weighted by Gasteiger charge is 2.27. The third-order valence-corrected chi connectivity index (χ3v) is 6.54. The van der Waals surface area contributed by atoms with Crippen LogP contribution in [0.3, 0.4) is 0 Å². The fourth-order valence-corrected chi connectivity index (χ4v) is 4.78. The Labute approximate surface area is 193 Å². The van der Waals surface area contributed by atoms with Crippen LogP contribution in [0.15, 0.2) is 72.1 Å². The molecule has 7 heteroatoms. The van der Waals surface area contributed by atoms with E-state index in [0.717, 1.165) is 27.4 Å². The summed E-state index contributed by atoms with van der Waals surface area (Å²) in [6, 6.07) is 21.1. The summed E-state index contributed by atoms with van der Waals surface area (Å²) in [5, 5.41) is 4.06. The number of rotatable bonds is 4. The molecule has 2 heterocycles. The molecule has 1 aliphatic heterocycles. The smallest absolute Gasteiger partial charge is 0.265 e. The van der Waals surface area contributed by atoms with Crippen LogP contribution in [0.25, 0.3) is 21.8 Å². The van der Waals surface area contributed by atoms with Crippen LogP contribution in [0.4, 0.5) is 5.69 Å². The van der Waals surface area contributed by atoms with Gasteiger partial charge in [-0.25, -0.2) is 4.98 Å². The monoisotopic (exact) mass is 466 g/mol. The van der Waals surface area contributed by atoms with E-state index in [1.807, 2.05) is 60.0 Å². The molecular weight excluding hydrogens is 451 g/mol. The number of ether oxygens (including phenoxy) is 1. The summed E-state index contributed by atoms with van der Waals surface area (Å²) >= 11 is 14.0. The van der Waals surface area contributed by atoms with E-state index in [0.29, 0.717) is 28.0 Å². The van der Waals surface area contributed by atoms with Gasteiger partial charge in [0.05, 0.1) is 17.9 Å². The molecule has 1 amide bonds. The van der Waals surface area contributed by atoms with E-state index in [-0.39, 0.29) is 12.5 Å². The lowest BCUT2D eigenvalue weighted by atomic mass is 10.1. The van der Waals surface area contributed by atoms with Crippen molar-refractivity contribution < 1.29 is 9.53 Å². The highest BCUT2D eigenvalue weighted by Crippen LogP contribution is 2.38. The summed E-state index contributed by atoms with van der Waals surface area (Å²) in [4.78, 5) is 19.2. The van der Waals surface area contributed by atoms with E-state index >= 15 is 0 Å². The molecule has 0 radical (unpaired) electrons. The van der Waals surface area contributed by atoms with Gasteiger partial charge in [0.15, 0.2) is 6.61 Å². The van der Waals surface area contributed by atoms with E-state index < -0.39 is 0 Å². The largest absolute Gasteiger partial charge is 0.482 e. The Kier molecular flexibility index (Phi) is 5.40. The van der Waals surface area contributed by atoms with Crippen molar-refractivity contribution in [1.29, 1.82) is 0 Å². The second kappa shape index (κ2) is 8.35. The minimum Gasteiger partial charge on any atom is -0.482 e. The van der Waals surface area contributed by atoms with Crippen LogP contribution < -0.4 is 9.64 Å². The van der Waals surface area contributed by atoms with Gasteiger partial charge in [-0.15, -0.1) is 11.3 Å². The van der Waals surface area contributed by atoms with Gasteiger partial charge >= 0.3 is 0 Å². The Morgan fingerprint density at radius 1 is 1.00 bits per heavy atom. The number of carbonyl (C=O) groups is 1. The number of halogens is 2. The summed E-state index contributed by atoms with van der Waals surface area (Å²) in [6.45, 7) is 0.327. The molecule has 0 unspecified atom stereocenters. The Morgan fingerprint density at radius 2 is 1.84 bits per heavy atom. The Hall–Kier alpha value is -2.86. The summed E-state index contributed by atoms with van der Waals surface area (Å²) in [5.74, 6) is 0.533. The molecule has 154 valence electrons. The number of aromatic nitrogens is 1.